The van der Waals surface area contributed by atoms with Gasteiger partial charge in [-0.3, -0.25) is 29.5 Å². The third-order valence-electron chi connectivity index (χ3n) is 4.71. The standard InChI is InChI=1S/C19H22N2O6/c1-2-3-4-5-17(23)27-26-13-6-7-14-12(10-13)11-21(19(14)25)15-8-9-16(22)20-18(15)24/h6-7,10,15H,2-5,8-9,11H2,1H3,(H,20,22,24). The Kier molecular flexibility index (Phi) is 5.73. The first-order valence-electron chi connectivity index (χ1n) is 9.14. The van der Waals surface area contributed by atoms with E-state index >= 15 is 0 Å². The van der Waals surface area contributed by atoms with Crippen molar-refractivity contribution in [2.45, 2.75) is 58.0 Å². The number of nitrogens with one attached hydrogen (secondary N) is 1. The predicted molar refractivity (Wildman–Crippen MR) is 93.3 cm³/mol. The highest BCUT2D eigenvalue weighted by atomic mass is 17.2. The molecular formula is C19H22N2O6. The van der Waals surface area contributed by atoms with Crippen LogP contribution in [-0.2, 0) is 25.8 Å². The van der Waals surface area contributed by atoms with E-state index in [-0.39, 0.29) is 24.8 Å². The van der Waals surface area contributed by atoms with Gasteiger partial charge in [0.2, 0.25) is 11.8 Å². The maximum Gasteiger partial charge on any atom is 0.355 e. The normalized spacial score (nSPS) is 18.9. The summed E-state index contributed by atoms with van der Waals surface area (Å²) >= 11 is 0. The van der Waals surface area contributed by atoms with E-state index in [0.29, 0.717) is 29.7 Å². The number of carbonyl (C=O) groups excluding carboxylic acids is 4. The first-order chi connectivity index (χ1) is 13.0. The molecule has 2 aliphatic heterocycles. The van der Waals surface area contributed by atoms with E-state index in [0.717, 1.165) is 19.3 Å². The van der Waals surface area contributed by atoms with Crippen LogP contribution in [-0.4, -0.2) is 34.6 Å². The molecule has 2 aliphatic rings. The number of nitrogens with zero attached hydrogens (tertiary/aromatic N) is 1. The van der Waals surface area contributed by atoms with Gasteiger partial charge >= 0.3 is 5.97 Å². The van der Waals surface area contributed by atoms with Crippen LogP contribution in [0.1, 0.15) is 61.4 Å². The molecule has 3 rings (SSSR count). The summed E-state index contributed by atoms with van der Waals surface area (Å²) in [6.07, 6.45) is 3.52. The third kappa shape index (κ3) is 4.27. The van der Waals surface area contributed by atoms with Gasteiger partial charge in [-0.25, -0.2) is 4.79 Å². The summed E-state index contributed by atoms with van der Waals surface area (Å²) in [5.74, 6) is -1.16. The highest BCUT2D eigenvalue weighted by Gasteiger charge is 2.39. The monoisotopic (exact) mass is 374 g/mol. The van der Waals surface area contributed by atoms with Crippen LogP contribution >= 0.6 is 0 Å². The van der Waals surface area contributed by atoms with Crippen molar-refractivity contribution >= 4 is 23.7 Å². The summed E-state index contributed by atoms with van der Waals surface area (Å²) in [6, 6.07) is 4.09. The molecular weight excluding hydrogens is 352 g/mol. The van der Waals surface area contributed by atoms with E-state index in [1.165, 1.54) is 4.90 Å². The van der Waals surface area contributed by atoms with Crippen molar-refractivity contribution in [3.8, 4) is 5.75 Å². The highest BCUT2D eigenvalue weighted by molar-refractivity contribution is 6.05. The van der Waals surface area contributed by atoms with Crippen molar-refractivity contribution in [2.24, 2.45) is 0 Å². The lowest BCUT2D eigenvalue weighted by Gasteiger charge is -2.29. The SMILES string of the molecule is CCCCCC(=O)OOc1ccc2c(c1)CN(C1CCC(=O)NC1=O)C2=O. The fraction of sp³-hybridized carbons (Fsp3) is 0.474. The Hall–Kier alpha value is -2.90. The average Bonchev–Trinajstić information content (AvgIpc) is 2.96. The minimum Gasteiger partial charge on any atom is -0.322 e. The molecule has 1 unspecified atom stereocenters. The lowest BCUT2D eigenvalue weighted by atomic mass is 10.0. The van der Waals surface area contributed by atoms with Crippen molar-refractivity contribution in [1.29, 1.82) is 0 Å². The Morgan fingerprint density at radius 3 is 2.81 bits per heavy atom. The van der Waals surface area contributed by atoms with Gasteiger partial charge in [-0.2, -0.15) is 0 Å². The Bertz CT molecular complexity index is 775. The van der Waals surface area contributed by atoms with Gasteiger partial charge < -0.3 is 4.90 Å². The van der Waals surface area contributed by atoms with E-state index in [1.54, 1.807) is 18.2 Å². The molecule has 0 aliphatic carbocycles. The molecule has 1 atom stereocenters. The molecule has 0 spiro atoms. The number of benzene rings is 1. The van der Waals surface area contributed by atoms with E-state index in [1.807, 2.05) is 6.92 Å². The molecule has 1 aromatic rings. The molecule has 0 bridgehead atoms. The van der Waals surface area contributed by atoms with Gasteiger partial charge in [0.25, 0.3) is 5.91 Å². The number of imide groups is 1. The van der Waals surface area contributed by atoms with E-state index in [2.05, 4.69) is 5.32 Å². The summed E-state index contributed by atoms with van der Waals surface area (Å²) in [5, 5.41) is 2.26. The number of piperidine rings is 1. The van der Waals surface area contributed by atoms with Gasteiger partial charge in [0.1, 0.15) is 6.04 Å². The smallest absolute Gasteiger partial charge is 0.322 e. The molecule has 3 amide bonds. The zero-order valence-corrected chi connectivity index (χ0v) is 15.2. The summed E-state index contributed by atoms with van der Waals surface area (Å²) in [7, 11) is 0. The molecule has 1 N–H and O–H groups in total. The molecule has 0 radical (unpaired) electrons. The highest BCUT2D eigenvalue weighted by Crippen LogP contribution is 2.30. The lowest BCUT2D eigenvalue weighted by molar-refractivity contribution is -0.213. The maximum absolute atomic E-state index is 12.6. The Morgan fingerprint density at radius 2 is 2.07 bits per heavy atom. The molecule has 1 fully saturated rings. The number of hydrogen-bond donors (Lipinski definition) is 1. The number of unbranched alkanes of at least 4 members (excludes halogenated alkanes) is 2. The maximum atomic E-state index is 12.6. The topological polar surface area (TPSA) is 102 Å². The van der Waals surface area contributed by atoms with E-state index < -0.39 is 17.9 Å². The summed E-state index contributed by atoms with van der Waals surface area (Å²) in [4.78, 5) is 58.8. The fourth-order valence-electron chi connectivity index (χ4n) is 3.26. The van der Waals surface area contributed by atoms with Gasteiger partial charge in [0.15, 0.2) is 5.75 Å². The zero-order valence-electron chi connectivity index (χ0n) is 15.2. The second-order valence-corrected chi connectivity index (χ2v) is 6.71. The summed E-state index contributed by atoms with van der Waals surface area (Å²) < 4.78 is 0. The average molecular weight is 374 g/mol. The molecule has 8 nitrogen and oxygen atoms in total. The van der Waals surface area contributed by atoms with Gasteiger partial charge in [0.05, 0.1) is 6.42 Å². The number of hydrogen-bond acceptors (Lipinski definition) is 6. The first-order valence-corrected chi connectivity index (χ1v) is 9.14. The van der Waals surface area contributed by atoms with Crippen molar-refractivity contribution in [2.75, 3.05) is 0 Å². The molecule has 27 heavy (non-hydrogen) atoms. The molecule has 0 saturated carbocycles. The van der Waals surface area contributed by atoms with Crippen molar-refractivity contribution in [3.05, 3.63) is 29.3 Å². The van der Waals surface area contributed by atoms with Crippen LogP contribution in [0.2, 0.25) is 0 Å². The lowest BCUT2D eigenvalue weighted by Crippen LogP contribution is -2.52. The van der Waals surface area contributed by atoms with Crippen LogP contribution < -0.4 is 10.2 Å². The van der Waals surface area contributed by atoms with Gasteiger partial charge in [-0.15, -0.1) is 0 Å². The second-order valence-electron chi connectivity index (χ2n) is 6.71. The molecule has 2 heterocycles. The molecule has 0 aromatic heterocycles. The Labute approximate surface area is 156 Å². The van der Waals surface area contributed by atoms with E-state index in [9.17, 15) is 19.2 Å². The van der Waals surface area contributed by atoms with Crippen LogP contribution in [0, 0.1) is 0 Å². The number of fused-ring (bicyclic) bond motifs is 1. The number of rotatable bonds is 7. The number of amides is 3. The molecule has 8 heteroatoms. The summed E-state index contributed by atoms with van der Waals surface area (Å²) in [6.45, 7) is 2.29. The van der Waals surface area contributed by atoms with Crippen LogP contribution in [0.25, 0.3) is 0 Å². The minimum atomic E-state index is -0.664. The summed E-state index contributed by atoms with van der Waals surface area (Å²) in [5.41, 5.74) is 1.16. The fourth-order valence-corrected chi connectivity index (χ4v) is 3.26. The number of carbonyl (C=O) groups is 4. The zero-order chi connectivity index (χ0) is 19.4. The van der Waals surface area contributed by atoms with Crippen molar-refractivity contribution in [1.82, 2.24) is 10.2 Å². The Balaban J connectivity index is 1.61. The van der Waals surface area contributed by atoms with Crippen LogP contribution in [0.15, 0.2) is 18.2 Å². The Morgan fingerprint density at radius 1 is 1.26 bits per heavy atom. The van der Waals surface area contributed by atoms with Crippen molar-refractivity contribution in [3.63, 3.8) is 0 Å². The molecule has 144 valence electrons. The van der Waals surface area contributed by atoms with Crippen LogP contribution in [0.5, 0.6) is 5.75 Å². The van der Waals surface area contributed by atoms with Gasteiger partial charge in [-0.05, 0) is 36.6 Å². The molecule has 1 saturated heterocycles. The van der Waals surface area contributed by atoms with Gasteiger partial charge in [0, 0.05) is 18.5 Å². The van der Waals surface area contributed by atoms with Gasteiger partial charge in [-0.1, -0.05) is 19.8 Å². The van der Waals surface area contributed by atoms with Crippen LogP contribution in [0.4, 0.5) is 0 Å². The second kappa shape index (κ2) is 8.20. The first kappa shape index (κ1) is 18.9. The minimum absolute atomic E-state index is 0.207. The third-order valence-corrected chi connectivity index (χ3v) is 4.71. The van der Waals surface area contributed by atoms with E-state index in [4.69, 9.17) is 9.78 Å². The van der Waals surface area contributed by atoms with Crippen LogP contribution in [0.3, 0.4) is 0 Å². The quantitative estimate of drug-likeness (QED) is 0.338. The largest absolute Gasteiger partial charge is 0.355 e. The predicted octanol–water partition coefficient (Wildman–Crippen LogP) is 1.86. The van der Waals surface area contributed by atoms with Crippen molar-refractivity contribution < 1.29 is 29.0 Å². The molecule has 1 aromatic carbocycles.